The first-order chi connectivity index (χ1) is 13.3. The van der Waals surface area contributed by atoms with Crippen molar-refractivity contribution in [3.05, 3.63) is 28.4 Å². The van der Waals surface area contributed by atoms with Crippen LogP contribution in [0.1, 0.15) is 25.7 Å². The van der Waals surface area contributed by atoms with Gasteiger partial charge in [-0.2, -0.15) is 0 Å². The van der Waals surface area contributed by atoms with E-state index in [0.29, 0.717) is 12.8 Å². The average molecular weight is 1480 g/mol. The molecular weight excluding hydrogens is 1440 g/mol. The van der Waals surface area contributed by atoms with Crippen LogP contribution in [0.15, 0.2) is 0 Å². The van der Waals surface area contributed by atoms with Crippen LogP contribution in [0.5, 0.6) is 0 Å². The first-order valence-corrected chi connectivity index (χ1v) is 8.74. The van der Waals surface area contributed by atoms with Crippen molar-refractivity contribution in [3.8, 4) is 0 Å². The Labute approximate surface area is 168 Å². The number of aliphatic hydroxyl groups excluding tert-OH is 6. The van der Waals surface area contributed by atoms with Gasteiger partial charge in [0.05, 0.1) is 37.6 Å². The van der Waals surface area contributed by atoms with Crippen LogP contribution < -0.4 is 0 Å². The Morgan fingerprint density at radius 2 is 0.688 bits per heavy atom. The van der Waals surface area contributed by atoms with Crippen molar-refractivity contribution in [1.29, 1.82) is 0 Å². The quantitative estimate of drug-likeness (QED) is 0.0906. The summed E-state index contributed by atoms with van der Waals surface area (Å²) in [6.07, 6.45) is 0.607. The summed E-state index contributed by atoms with van der Waals surface area (Å²) in [6, 6.07) is 0. The zero-order valence-corrected chi connectivity index (χ0v) is 45.0. The second-order valence-corrected chi connectivity index (χ2v) is 5.75. The summed E-state index contributed by atoms with van der Waals surface area (Å²) in [5.74, 6) is 0. The Morgan fingerprint density at radius 3 is 0.844 bits per heavy atom. The van der Waals surface area contributed by atoms with E-state index < -0.39 is 24.4 Å². The van der Waals surface area contributed by atoms with Gasteiger partial charge in [-0.1, -0.05) is 12.8 Å². The van der Waals surface area contributed by atoms with E-state index in [1.807, 2.05) is 0 Å². The van der Waals surface area contributed by atoms with Gasteiger partial charge < -0.3 is 49.6 Å². The molecule has 0 spiro atoms. The minimum absolute atomic E-state index is 0. The molecule has 0 aliphatic heterocycles. The molecule has 0 radical (unpaired) electrons. The second kappa shape index (κ2) is 37.4. The molecule has 0 aliphatic carbocycles. The Bertz CT molecular complexity index is 262. The fourth-order valence-electron chi connectivity index (χ4n) is 1.58. The van der Waals surface area contributed by atoms with Crippen molar-refractivity contribution >= 4 is 0 Å². The van der Waals surface area contributed by atoms with Crippen molar-refractivity contribution in [2.45, 2.75) is 50.1 Å². The molecule has 0 aromatic heterocycles. The number of rotatable bonds is 15. The number of ether oxygens (including phenoxy) is 4. The van der Waals surface area contributed by atoms with E-state index in [1.54, 1.807) is 0 Å². The monoisotopic (exact) mass is 1480 g/mol. The fraction of sp³-hybridized carbons (Fsp3) is 0.778. The SMILES string of the molecule is [CH2-]OCC(O)CCCCC(O)CO[CH2-].[CH2-]OCC(O)CO.[CH2-]OCC(O)CO.[Rf].[Rf].[Rf].[Rf]. The van der Waals surface area contributed by atoms with Crippen LogP contribution in [-0.2, 0) is 18.9 Å². The average Bonchev–Trinajstić information content (AvgIpc) is 2.67. The third-order valence-corrected chi connectivity index (χ3v) is 2.99. The van der Waals surface area contributed by atoms with E-state index >= 15 is 0 Å². The van der Waals surface area contributed by atoms with Gasteiger partial charge in [0, 0.05) is 26.4 Å². The van der Waals surface area contributed by atoms with E-state index in [4.69, 9.17) is 20.4 Å². The number of hydrogen-bond donors (Lipinski definition) is 6. The molecule has 0 aliphatic rings. The molecule has 32 heavy (non-hydrogen) atoms. The van der Waals surface area contributed by atoms with Gasteiger partial charge in [-0.25, -0.2) is 28.4 Å². The summed E-state index contributed by atoms with van der Waals surface area (Å²) in [5, 5.41) is 51.6. The zero-order valence-electron chi connectivity index (χ0n) is 19.4. The topological polar surface area (TPSA) is 158 Å². The van der Waals surface area contributed by atoms with Gasteiger partial charge in [-0.05, 0) is 12.8 Å². The number of hydrogen-bond acceptors (Lipinski definition) is 10. The minimum Gasteiger partial charge on any atom is -0.553 e. The van der Waals surface area contributed by atoms with Crippen molar-refractivity contribution in [2.24, 2.45) is 0 Å². The predicted octanol–water partition coefficient (Wildman–Crippen LogP) is -0.819. The molecule has 0 aromatic carbocycles. The Balaban J connectivity index is -0.0000000601. The third-order valence-electron chi connectivity index (χ3n) is 2.99. The van der Waals surface area contributed by atoms with Crippen LogP contribution in [0.25, 0.3) is 0 Å². The molecule has 0 rings (SSSR count). The van der Waals surface area contributed by atoms with E-state index in [0.717, 1.165) is 12.8 Å². The predicted molar refractivity (Wildman–Crippen MR) is 102 cm³/mol. The standard InChI is InChI=1S/C10H20O4.2C4H9O3.4Rf/c1-13-7-9(11)5-3-4-6-10(12)8-14-2;2*1-7-3-4(6)2-5;;;;/h9-12H,1-8H2;2*4-6H,1-3H2;;;;/q-2;2*-1;;;;. The van der Waals surface area contributed by atoms with Gasteiger partial charge in [-0.3, -0.25) is 0 Å². The summed E-state index contributed by atoms with van der Waals surface area (Å²) in [4.78, 5) is 0. The molecule has 4 unspecified atom stereocenters. The van der Waals surface area contributed by atoms with Crippen molar-refractivity contribution in [2.75, 3.05) is 39.6 Å². The van der Waals surface area contributed by atoms with Crippen LogP contribution in [0.2, 0.25) is 0 Å². The minimum atomic E-state index is -0.780. The van der Waals surface area contributed by atoms with Crippen LogP contribution in [0, 0.1) is 28.4 Å². The van der Waals surface area contributed by atoms with Crippen LogP contribution in [-0.4, -0.2) is 94.7 Å². The van der Waals surface area contributed by atoms with Crippen molar-refractivity contribution < 1.29 is 49.6 Å². The smallest absolute Gasteiger partial charge is 0.0973 e. The molecule has 0 bridgehead atoms. The van der Waals surface area contributed by atoms with Gasteiger partial charge in [0.15, 0.2) is 0 Å². The first kappa shape index (κ1) is 46.0. The number of aliphatic hydroxyl groups is 6. The number of unbranched alkanes of at least 4 members (excludes halogenated alkanes) is 1. The molecule has 182 valence electrons. The van der Waals surface area contributed by atoms with Crippen LogP contribution in [0.4, 0.5) is 0 Å². The van der Waals surface area contributed by atoms with Gasteiger partial charge >= 0.3 is 0 Å². The summed E-state index contributed by atoms with van der Waals surface area (Å²) in [7, 11) is 12.4. The summed E-state index contributed by atoms with van der Waals surface area (Å²) < 4.78 is 17.6. The zero-order chi connectivity index (χ0) is 22.2. The molecule has 4 atom stereocenters. The third kappa shape index (κ3) is 44.8. The fourth-order valence-corrected chi connectivity index (χ4v) is 1.58. The Hall–Kier alpha value is -4.40. The van der Waals surface area contributed by atoms with Gasteiger partial charge in [0.25, 0.3) is 0 Å². The Kier molecular flexibility index (Phi) is 53.7. The molecule has 0 amide bonds. The maximum absolute atomic E-state index is 9.26. The molecule has 0 aromatic rings. The molecule has 0 saturated carbocycles. The van der Waals surface area contributed by atoms with E-state index in [-0.39, 0.29) is 39.6 Å². The van der Waals surface area contributed by atoms with Gasteiger partial charge in [0.1, 0.15) is 0 Å². The maximum Gasteiger partial charge on any atom is 0.0973 e. The first-order valence-electron chi connectivity index (χ1n) is 8.74. The second-order valence-electron chi connectivity index (χ2n) is 5.75. The van der Waals surface area contributed by atoms with Crippen molar-refractivity contribution in [3.63, 3.8) is 0 Å². The Morgan fingerprint density at radius 1 is 0.469 bits per heavy atom. The normalized spacial score (nSPS) is 12.9. The van der Waals surface area contributed by atoms with Gasteiger partial charge in [0.2, 0.25) is 0 Å². The molecule has 0 fully saturated rings. The molecular formula is C18H38O10Rf4-4. The molecule has 6 N–H and O–H groups in total. The van der Waals surface area contributed by atoms with E-state index in [9.17, 15) is 10.2 Å². The summed E-state index contributed by atoms with van der Waals surface area (Å²) in [5.41, 5.74) is 0. The van der Waals surface area contributed by atoms with Crippen LogP contribution in [0.3, 0.4) is 0 Å². The maximum atomic E-state index is 9.26. The summed E-state index contributed by atoms with van der Waals surface area (Å²) in [6.45, 7) is 0.188. The van der Waals surface area contributed by atoms with E-state index in [2.05, 4.69) is 47.4 Å². The van der Waals surface area contributed by atoms with Crippen molar-refractivity contribution in [1.82, 2.24) is 0 Å². The van der Waals surface area contributed by atoms with Crippen LogP contribution >= 0.6 is 0 Å². The molecule has 14 heteroatoms. The van der Waals surface area contributed by atoms with E-state index in [1.165, 1.54) is 0 Å². The molecule has 0 saturated heterocycles. The van der Waals surface area contributed by atoms with Gasteiger partial charge in [-0.15, -0.1) is 0 Å². The molecule has 0 heterocycles. The molecule has 10 nitrogen and oxygen atoms in total. The summed E-state index contributed by atoms with van der Waals surface area (Å²) >= 11 is 0. The largest absolute Gasteiger partial charge is 0.553 e.